The Morgan fingerprint density at radius 3 is 3.08 bits per heavy atom. The van der Waals surface area contributed by atoms with Crippen LogP contribution in [0.5, 0.6) is 0 Å². The molecule has 0 aliphatic heterocycles. The van der Waals surface area contributed by atoms with Gasteiger partial charge in [-0.1, -0.05) is 0 Å². The molecule has 0 spiro atoms. The van der Waals surface area contributed by atoms with Gasteiger partial charge in [-0.15, -0.1) is 0 Å². The minimum Gasteiger partial charge on any atom is -0.459 e. The lowest BCUT2D eigenvalue weighted by Crippen LogP contribution is -2.26. The highest BCUT2D eigenvalue weighted by Crippen LogP contribution is 2.02. The van der Waals surface area contributed by atoms with Crippen molar-refractivity contribution in [2.24, 2.45) is 0 Å². The van der Waals surface area contributed by atoms with Crippen LogP contribution in [0.3, 0.4) is 0 Å². The lowest BCUT2D eigenvalue weighted by molar-refractivity contribution is 0.0781. The third-order valence-electron chi connectivity index (χ3n) is 1.39. The molecule has 1 aromatic rings. The average Bonchev–Trinajstić information content (AvgIpc) is 2.55. The summed E-state index contributed by atoms with van der Waals surface area (Å²) in [5, 5.41) is 8.31. The first-order valence-electron chi connectivity index (χ1n) is 3.41. The Balaban J connectivity index is 2.67. The molecule has 1 aromatic heterocycles. The van der Waals surface area contributed by atoms with Crippen LogP contribution in [-0.2, 0) is 0 Å². The Morgan fingerprint density at radius 1 is 1.83 bits per heavy atom. The van der Waals surface area contributed by atoms with Crippen LogP contribution in [0.4, 0.5) is 0 Å². The molecule has 1 heterocycles. The van der Waals surface area contributed by atoms with Crippen molar-refractivity contribution in [3.05, 3.63) is 24.2 Å². The second kappa shape index (κ2) is 3.58. The standard InChI is InChI=1S/C8H8N2O2/c1-10(5-4-9)8(11)7-3-2-6-12-7/h2-3,6H,5H2,1H3. The number of amides is 1. The van der Waals surface area contributed by atoms with Crippen molar-refractivity contribution in [2.45, 2.75) is 0 Å². The van der Waals surface area contributed by atoms with Crippen LogP contribution in [0.15, 0.2) is 22.8 Å². The summed E-state index contributed by atoms with van der Waals surface area (Å²) in [6, 6.07) is 5.07. The van der Waals surface area contributed by atoms with Gasteiger partial charge in [-0.25, -0.2) is 0 Å². The number of furan rings is 1. The monoisotopic (exact) mass is 164 g/mol. The molecule has 0 bridgehead atoms. The fraction of sp³-hybridized carbons (Fsp3) is 0.250. The van der Waals surface area contributed by atoms with Gasteiger partial charge in [0.25, 0.3) is 5.91 Å². The number of carbonyl (C=O) groups excluding carboxylic acids is 1. The highest BCUT2D eigenvalue weighted by Gasteiger charge is 2.12. The number of hydrogen-bond donors (Lipinski definition) is 0. The van der Waals surface area contributed by atoms with Crippen molar-refractivity contribution in [3.63, 3.8) is 0 Å². The van der Waals surface area contributed by atoms with Gasteiger partial charge in [0, 0.05) is 7.05 Å². The average molecular weight is 164 g/mol. The van der Waals surface area contributed by atoms with Gasteiger partial charge in [-0.3, -0.25) is 4.79 Å². The van der Waals surface area contributed by atoms with Gasteiger partial charge < -0.3 is 9.32 Å². The molecule has 1 amide bonds. The molecule has 0 aromatic carbocycles. The van der Waals surface area contributed by atoms with Gasteiger partial charge in [0.15, 0.2) is 5.76 Å². The summed E-state index contributed by atoms with van der Waals surface area (Å²) in [5.74, 6) is -0.0192. The van der Waals surface area contributed by atoms with Crippen LogP contribution in [0.2, 0.25) is 0 Å². The van der Waals surface area contributed by atoms with Crippen molar-refractivity contribution in [1.29, 1.82) is 5.26 Å². The van der Waals surface area contributed by atoms with E-state index in [-0.39, 0.29) is 18.2 Å². The summed E-state index contributed by atoms with van der Waals surface area (Å²) >= 11 is 0. The molecule has 0 atom stereocenters. The van der Waals surface area contributed by atoms with E-state index in [2.05, 4.69) is 0 Å². The molecular formula is C8H8N2O2. The van der Waals surface area contributed by atoms with Crippen molar-refractivity contribution in [1.82, 2.24) is 4.90 Å². The summed E-state index contributed by atoms with van der Waals surface area (Å²) in [7, 11) is 1.55. The molecule has 0 aliphatic rings. The van der Waals surface area contributed by atoms with Crippen molar-refractivity contribution < 1.29 is 9.21 Å². The van der Waals surface area contributed by atoms with E-state index in [0.29, 0.717) is 0 Å². The first-order chi connectivity index (χ1) is 5.75. The van der Waals surface area contributed by atoms with E-state index in [0.717, 1.165) is 0 Å². The van der Waals surface area contributed by atoms with Gasteiger partial charge in [0.2, 0.25) is 0 Å². The maximum Gasteiger partial charge on any atom is 0.290 e. The zero-order chi connectivity index (χ0) is 8.97. The Kier molecular flexibility index (Phi) is 2.49. The van der Waals surface area contributed by atoms with E-state index in [1.807, 2.05) is 6.07 Å². The quantitative estimate of drug-likeness (QED) is 0.609. The Morgan fingerprint density at radius 2 is 2.58 bits per heavy atom. The molecule has 62 valence electrons. The fourth-order valence-corrected chi connectivity index (χ4v) is 0.766. The first kappa shape index (κ1) is 8.34. The number of nitriles is 1. The van der Waals surface area contributed by atoms with Crippen LogP contribution in [0.1, 0.15) is 10.6 Å². The first-order valence-corrected chi connectivity index (χ1v) is 3.41. The van der Waals surface area contributed by atoms with E-state index < -0.39 is 0 Å². The summed E-state index contributed by atoms with van der Waals surface area (Å²) in [6.07, 6.45) is 1.42. The number of carbonyl (C=O) groups is 1. The third kappa shape index (κ3) is 1.64. The lowest BCUT2D eigenvalue weighted by Gasteiger charge is -2.09. The van der Waals surface area contributed by atoms with Crippen LogP contribution < -0.4 is 0 Å². The highest BCUT2D eigenvalue weighted by molar-refractivity contribution is 5.91. The van der Waals surface area contributed by atoms with Crippen LogP contribution in [0, 0.1) is 11.3 Å². The van der Waals surface area contributed by atoms with Gasteiger partial charge in [0.1, 0.15) is 6.54 Å². The molecule has 12 heavy (non-hydrogen) atoms. The maximum absolute atomic E-state index is 11.3. The predicted molar refractivity (Wildman–Crippen MR) is 41.3 cm³/mol. The molecule has 1 rings (SSSR count). The zero-order valence-electron chi connectivity index (χ0n) is 6.65. The SMILES string of the molecule is CN(CC#N)C(=O)c1ccco1. The predicted octanol–water partition coefficient (Wildman–Crippen LogP) is 0.875. The summed E-state index contributed by atoms with van der Waals surface area (Å²) < 4.78 is 4.86. The number of rotatable bonds is 2. The van der Waals surface area contributed by atoms with Crippen LogP contribution >= 0.6 is 0 Å². The molecule has 0 aliphatic carbocycles. The molecule has 4 nitrogen and oxygen atoms in total. The smallest absolute Gasteiger partial charge is 0.290 e. The van der Waals surface area contributed by atoms with E-state index in [1.165, 1.54) is 11.2 Å². The maximum atomic E-state index is 11.3. The molecule has 0 unspecified atom stereocenters. The van der Waals surface area contributed by atoms with Gasteiger partial charge in [-0.05, 0) is 12.1 Å². The normalized spacial score (nSPS) is 9.00. The number of hydrogen-bond acceptors (Lipinski definition) is 3. The van der Waals surface area contributed by atoms with Crippen molar-refractivity contribution in [2.75, 3.05) is 13.6 Å². The zero-order valence-corrected chi connectivity index (χ0v) is 6.65. The van der Waals surface area contributed by atoms with E-state index in [4.69, 9.17) is 9.68 Å². The van der Waals surface area contributed by atoms with E-state index >= 15 is 0 Å². The van der Waals surface area contributed by atoms with E-state index in [9.17, 15) is 4.79 Å². The molecular weight excluding hydrogens is 156 g/mol. The minimum atomic E-state index is -0.276. The van der Waals surface area contributed by atoms with Crippen LogP contribution in [0.25, 0.3) is 0 Å². The lowest BCUT2D eigenvalue weighted by atomic mass is 10.4. The molecule has 0 radical (unpaired) electrons. The largest absolute Gasteiger partial charge is 0.459 e. The Bertz CT molecular complexity index is 297. The van der Waals surface area contributed by atoms with Gasteiger partial charge >= 0.3 is 0 Å². The van der Waals surface area contributed by atoms with E-state index in [1.54, 1.807) is 19.2 Å². The molecule has 0 fully saturated rings. The van der Waals surface area contributed by atoms with Crippen LogP contribution in [-0.4, -0.2) is 24.4 Å². The Labute approximate surface area is 70.0 Å². The van der Waals surface area contributed by atoms with Gasteiger partial charge in [-0.2, -0.15) is 5.26 Å². The summed E-state index contributed by atoms with van der Waals surface area (Å²) in [6.45, 7) is 0.0690. The second-order valence-electron chi connectivity index (χ2n) is 2.30. The molecule has 0 saturated carbocycles. The summed E-state index contributed by atoms with van der Waals surface area (Å²) in [5.41, 5.74) is 0. The fourth-order valence-electron chi connectivity index (χ4n) is 0.766. The van der Waals surface area contributed by atoms with Crippen molar-refractivity contribution >= 4 is 5.91 Å². The summed E-state index contributed by atoms with van der Waals surface area (Å²) in [4.78, 5) is 12.6. The number of nitrogens with zero attached hydrogens (tertiary/aromatic N) is 2. The highest BCUT2D eigenvalue weighted by atomic mass is 16.3. The molecule has 4 heteroatoms. The molecule has 0 N–H and O–H groups in total. The molecule has 0 saturated heterocycles. The minimum absolute atomic E-state index is 0.0690. The third-order valence-corrected chi connectivity index (χ3v) is 1.39. The Hall–Kier alpha value is -1.76. The van der Waals surface area contributed by atoms with Crippen molar-refractivity contribution in [3.8, 4) is 6.07 Å². The topological polar surface area (TPSA) is 57.2 Å². The second-order valence-corrected chi connectivity index (χ2v) is 2.30. The van der Waals surface area contributed by atoms with Gasteiger partial charge in [0.05, 0.1) is 12.3 Å².